The third-order valence-corrected chi connectivity index (χ3v) is 2.79. The lowest BCUT2D eigenvalue weighted by atomic mass is 10.3. The largest absolute Gasteiger partial charge is 0.490 e. The fourth-order valence-electron chi connectivity index (χ4n) is 1.84. The standard InChI is InChI=1S/C14H20N4O3.HI/c1-10(19)16-5-6-17-14(15)18-11-3-4-12-13(9-11)21-8-2-7-20-12;/h3-4,9H,2,5-8H2,1H3,(H,16,19)(H3,15,17,18);1H. The van der Waals surface area contributed by atoms with Gasteiger partial charge in [-0.25, -0.2) is 0 Å². The summed E-state index contributed by atoms with van der Waals surface area (Å²) < 4.78 is 11.2. The van der Waals surface area contributed by atoms with E-state index in [0.717, 1.165) is 17.9 Å². The van der Waals surface area contributed by atoms with E-state index in [1.807, 2.05) is 18.2 Å². The second kappa shape index (κ2) is 9.34. The van der Waals surface area contributed by atoms with Crippen LogP contribution in [-0.4, -0.2) is 38.2 Å². The zero-order valence-electron chi connectivity index (χ0n) is 12.4. The molecule has 2 rings (SSSR count). The fraction of sp³-hybridized carbons (Fsp3) is 0.429. The van der Waals surface area contributed by atoms with Crippen LogP contribution in [0.5, 0.6) is 11.5 Å². The number of carbonyl (C=O) groups excluding carboxylic acids is 1. The van der Waals surface area contributed by atoms with Gasteiger partial charge in [-0.15, -0.1) is 24.0 Å². The molecule has 0 atom stereocenters. The highest BCUT2D eigenvalue weighted by Gasteiger charge is 2.10. The zero-order chi connectivity index (χ0) is 15.1. The summed E-state index contributed by atoms with van der Waals surface area (Å²) in [6.45, 7) is 3.63. The van der Waals surface area contributed by atoms with Crippen molar-refractivity contribution in [2.45, 2.75) is 13.3 Å². The van der Waals surface area contributed by atoms with E-state index in [0.29, 0.717) is 32.1 Å². The number of rotatable bonds is 4. The first kappa shape index (κ1) is 18.3. The van der Waals surface area contributed by atoms with Crippen molar-refractivity contribution in [3.8, 4) is 11.5 Å². The second-order valence-electron chi connectivity index (χ2n) is 4.59. The minimum atomic E-state index is -0.0837. The number of nitrogens with one attached hydrogen (secondary N) is 2. The van der Waals surface area contributed by atoms with Crippen molar-refractivity contribution in [1.82, 2.24) is 5.32 Å². The van der Waals surface area contributed by atoms with Gasteiger partial charge in [0.05, 0.1) is 19.8 Å². The summed E-state index contributed by atoms with van der Waals surface area (Å²) in [4.78, 5) is 14.8. The third kappa shape index (κ3) is 5.96. The van der Waals surface area contributed by atoms with Gasteiger partial charge in [0.25, 0.3) is 0 Å². The molecule has 4 N–H and O–H groups in total. The molecule has 1 aliphatic rings. The summed E-state index contributed by atoms with van der Waals surface area (Å²) in [6.07, 6.45) is 0.865. The first-order valence-corrected chi connectivity index (χ1v) is 6.86. The fourth-order valence-corrected chi connectivity index (χ4v) is 1.84. The van der Waals surface area contributed by atoms with E-state index >= 15 is 0 Å². The van der Waals surface area contributed by atoms with Crippen molar-refractivity contribution in [1.29, 1.82) is 0 Å². The number of hydrogen-bond acceptors (Lipinski definition) is 4. The van der Waals surface area contributed by atoms with Crippen molar-refractivity contribution < 1.29 is 14.3 Å². The number of carbonyl (C=O) groups is 1. The SMILES string of the molecule is CC(=O)NCCN=C(N)Nc1ccc2c(c1)OCCCO2.I. The number of aliphatic imine (C=N–C) groups is 1. The van der Waals surface area contributed by atoms with Crippen LogP contribution in [0.15, 0.2) is 23.2 Å². The number of anilines is 1. The van der Waals surface area contributed by atoms with Crippen LogP contribution in [0.3, 0.4) is 0 Å². The predicted molar refractivity (Wildman–Crippen MR) is 96.3 cm³/mol. The Labute approximate surface area is 146 Å². The highest BCUT2D eigenvalue weighted by atomic mass is 127. The van der Waals surface area contributed by atoms with E-state index in [9.17, 15) is 4.79 Å². The van der Waals surface area contributed by atoms with E-state index in [1.54, 1.807) is 0 Å². The van der Waals surface area contributed by atoms with Crippen molar-refractivity contribution >= 4 is 41.5 Å². The lowest BCUT2D eigenvalue weighted by molar-refractivity contribution is -0.118. The van der Waals surface area contributed by atoms with Crippen LogP contribution < -0.4 is 25.8 Å². The van der Waals surface area contributed by atoms with Crippen LogP contribution in [0.4, 0.5) is 5.69 Å². The topological polar surface area (TPSA) is 98.0 Å². The number of nitrogens with zero attached hydrogens (tertiary/aromatic N) is 1. The van der Waals surface area contributed by atoms with Crippen LogP contribution in [0, 0.1) is 0 Å². The summed E-state index contributed by atoms with van der Waals surface area (Å²) in [7, 11) is 0. The molecule has 1 aromatic carbocycles. The van der Waals surface area contributed by atoms with Gasteiger partial charge in [-0.1, -0.05) is 0 Å². The molecule has 0 aliphatic carbocycles. The second-order valence-corrected chi connectivity index (χ2v) is 4.59. The van der Waals surface area contributed by atoms with Crippen LogP contribution in [0.25, 0.3) is 0 Å². The van der Waals surface area contributed by atoms with E-state index < -0.39 is 0 Å². The average molecular weight is 420 g/mol. The molecule has 1 aliphatic heterocycles. The maximum absolute atomic E-state index is 10.7. The molecule has 7 nitrogen and oxygen atoms in total. The summed E-state index contributed by atoms with van der Waals surface area (Å²) in [6, 6.07) is 5.52. The Morgan fingerprint density at radius 1 is 1.32 bits per heavy atom. The minimum absolute atomic E-state index is 0. The van der Waals surface area contributed by atoms with E-state index in [4.69, 9.17) is 15.2 Å². The Bertz CT molecular complexity index is 537. The third-order valence-electron chi connectivity index (χ3n) is 2.79. The molecule has 0 fully saturated rings. The molecule has 122 valence electrons. The number of benzene rings is 1. The number of amides is 1. The number of fused-ring (bicyclic) bond motifs is 1. The predicted octanol–water partition coefficient (Wildman–Crippen LogP) is 1.33. The van der Waals surface area contributed by atoms with Gasteiger partial charge in [-0.3, -0.25) is 9.79 Å². The Hall–Kier alpha value is -1.71. The molecule has 1 heterocycles. The first-order chi connectivity index (χ1) is 10.1. The molecule has 0 unspecified atom stereocenters. The summed E-state index contributed by atoms with van der Waals surface area (Å²) in [5.41, 5.74) is 6.56. The van der Waals surface area contributed by atoms with Crippen LogP contribution in [0.1, 0.15) is 13.3 Å². The van der Waals surface area contributed by atoms with E-state index in [2.05, 4.69) is 15.6 Å². The molecule has 0 radical (unpaired) electrons. The van der Waals surface area contributed by atoms with E-state index in [1.165, 1.54) is 6.92 Å². The Morgan fingerprint density at radius 3 is 2.77 bits per heavy atom. The van der Waals surface area contributed by atoms with E-state index in [-0.39, 0.29) is 35.8 Å². The molecule has 0 saturated heterocycles. The van der Waals surface area contributed by atoms with Crippen molar-refractivity contribution in [2.75, 3.05) is 31.6 Å². The zero-order valence-corrected chi connectivity index (χ0v) is 14.8. The van der Waals surface area contributed by atoms with Gasteiger partial charge in [0.1, 0.15) is 0 Å². The Kier molecular flexibility index (Phi) is 7.78. The molecule has 22 heavy (non-hydrogen) atoms. The van der Waals surface area contributed by atoms with Gasteiger partial charge >= 0.3 is 0 Å². The van der Waals surface area contributed by atoms with Crippen LogP contribution in [0.2, 0.25) is 0 Å². The maximum atomic E-state index is 10.7. The van der Waals surface area contributed by atoms with Crippen LogP contribution >= 0.6 is 24.0 Å². The van der Waals surface area contributed by atoms with Gasteiger partial charge in [0.2, 0.25) is 5.91 Å². The monoisotopic (exact) mass is 420 g/mol. The number of guanidine groups is 1. The normalized spacial score (nSPS) is 13.6. The van der Waals surface area contributed by atoms with Crippen molar-refractivity contribution in [2.24, 2.45) is 10.7 Å². The molecule has 0 bridgehead atoms. The molecule has 0 saturated carbocycles. The highest BCUT2D eigenvalue weighted by Crippen LogP contribution is 2.32. The summed E-state index contributed by atoms with van der Waals surface area (Å²) in [5, 5.41) is 5.63. The van der Waals surface area contributed by atoms with Gasteiger partial charge in [0, 0.05) is 31.6 Å². The smallest absolute Gasteiger partial charge is 0.216 e. The minimum Gasteiger partial charge on any atom is -0.490 e. The lowest BCUT2D eigenvalue weighted by Gasteiger charge is -2.10. The first-order valence-electron chi connectivity index (χ1n) is 6.86. The van der Waals surface area contributed by atoms with Crippen molar-refractivity contribution in [3.05, 3.63) is 18.2 Å². The molecule has 1 aromatic rings. The van der Waals surface area contributed by atoms with Gasteiger partial charge in [-0.2, -0.15) is 0 Å². The molecule has 8 heteroatoms. The Balaban J connectivity index is 0.00000242. The molecule has 0 aromatic heterocycles. The number of halogens is 1. The summed E-state index contributed by atoms with van der Waals surface area (Å²) >= 11 is 0. The molecule has 0 spiro atoms. The van der Waals surface area contributed by atoms with Gasteiger partial charge in [0.15, 0.2) is 17.5 Å². The summed E-state index contributed by atoms with van der Waals surface area (Å²) in [5.74, 6) is 1.64. The van der Waals surface area contributed by atoms with Gasteiger partial charge in [-0.05, 0) is 12.1 Å². The molecular formula is C14H21IN4O3. The number of nitrogens with two attached hydrogens (primary N) is 1. The maximum Gasteiger partial charge on any atom is 0.216 e. The van der Waals surface area contributed by atoms with Crippen LogP contribution in [-0.2, 0) is 4.79 Å². The van der Waals surface area contributed by atoms with Crippen molar-refractivity contribution in [3.63, 3.8) is 0 Å². The highest BCUT2D eigenvalue weighted by molar-refractivity contribution is 14.0. The number of hydrogen-bond donors (Lipinski definition) is 3. The molecular weight excluding hydrogens is 399 g/mol. The molecule has 1 amide bonds. The average Bonchev–Trinajstić information content (AvgIpc) is 2.68. The Morgan fingerprint density at radius 2 is 2.05 bits per heavy atom. The number of ether oxygens (including phenoxy) is 2. The lowest BCUT2D eigenvalue weighted by Crippen LogP contribution is -2.26. The quantitative estimate of drug-likeness (QED) is 0.296. The van der Waals surface area contributed by atoms with Gasteiger partial charge < -0.3 is 25.8 Å².